The van der Waals surface area contributed by atoms with Gasteiger partial charge in [0.25, 0.3) is 11.6 Å². The van der Waals surface area contributed by atoms with E-state index in [4.69, 9.17) is 13.7 Å². The van der Waals surface area contributed by atoms with Crippen molar-refractivity contribution in [2.24, 2.45) is 0 Å². The number of furan rings is 1. The van der Waals surface area contributed by atoms with Crippen LogP contribution in [0.15, 0.2) is 39.3 Å². The number of pyridine rings is 1. The van der Waals surface area contributed by atoms with Crippen molar-refractivity contribution in [1.82, 2.24) is 15.5 Å². The molecule has 160 valence electrons. The van der Waals surface area contributed by atoms with Crippen LogP contribution in [-0.4, -0.2) is 29.7 Å². The van der Waals surface area contributed by atoms with Crippen LogP contribution >= 0.6 is 0 Å². The van der Waals surface area contributed by atoms with Crippen molar-refractivity contribution >= 4 is 17.0 Å². The Balaban J connectivity index is 1.62. The lowest BCUT2D eigenvalue weighted by atomic mass is 10.0. The molecule has 1 N–H and O–H groups in total. The minimum atomic E-state index is -0.204. The van der Waals surface area contributed by atoms with Crippen molar-refractivity contribution in [2.45, 2.75) is 34.1 Å². The molecular formula is C24H25N3O4. The third kappa shape index (κ3) is 4.03. The molecule has 1 amide bonds. The van der Waals surface area contributed by atoms with Crippen LogP contribution in [0.3, 0.4) is 0 Å². The number of hydrogen-bond donors (Lipinski definition) is 1. The zero-order chi connectivity index (χ0) is 22.1. The molecule has 4 rings (SSSR count). The van der Waals surface area contributed by atoms with Crippen LogP contribution in [0.1, 0.15) is 38.7 Å². The van der Waals surface area contributed by atoms with Crippen molar-refractivity contribution in [3.8, 4) is 17.0 Å². The number of aryl methyl sites for hydroxylation is 4. The van der Waals surface area contributed by atoms with Crippen molar-refractivity contribution in [3.63, 3.8) is 0 Å². The molecule has 0 unspecified atom stereocenters. The van der Waals surface area contributed by atoms with Gasteiger partial charge < -0.3 is 19.0 Å². The molecule has 0 saturated heterocycles. The number of rotatable bonds is 6. The minimum absolute atomic E-state index is 0.204. The highest BCUT2D eigenvalue weighted by Gasteiger charge is 2.21. The molecule has 0 spiro atoms. The summed E-state index contributed by atoms with van der Waals surface area (Å²) in [6, 6.07) is 9.69. The molecule has 7 nitrogen and oxygen atoms in total. The summed E-state index contributed by atoms with van der Waals surface area (Å²) in [6.07, 6.45) is 0.653. The van der Waals surface area contributed by atoms with Gasteiger partial charge in [-0.25, -0.2) is 4.98 Å². The fraction of sp³-hybridized carbons (Fsp3) is 0.292. The average Bonchev–Trinajstić information content (AvgIpc) is 3.28. The van der Waals surface area contributed by atoms with Gasteiger partial charge in [0, 0.05) is 12.1 Å². The Morgan fingerprint density at radius 3 is 2.65 bits per heavy atom. The van der Waals surface area contributed by atoms with Gasteiger partial charge >= 0.3 is 0 Å². The number of amides is 1. The number of ether oxygens (including phenoxy) is 1. The van der Waals surface area contributed by atoms with Crippen molar-refractivity contribution < 1.29 is 18.5 Å². The lowest BCUT2D eigenvalue weighted by Gasteiger charge is -2.11. The molecule has 4 aromatic rings. The number of hydrogen-bond acceptors (Lipinski definition) is 6. The van der Waals surface area contributed by atoms with E-state index >= 15 is 0 Å². The molecule has 3 heterocycles. The van der Waals surface area contributed by atoms with E-state index in [-0.39, 0.29) is 5.91 Å². The van der Waals surface area contributed by atoms with Gasteiger partial charge in [0.2, 0.25) is 0 Å². The molecule has 0 aliphatic rings. The molecule has 31 heavy (non-hydrogen) atoms. The van der Waals surface area contributed by atoms with Gasteiger partial charge in [0.1, 0.15) is 17.3 Å². The molecule has 0 radical (unpaired) electrons. The molecule has 7 heteroatoms. The summed E-state index contributed by atoms with van der Waals surface area (Å²) in [6.45, 7) is 8.04. The van der Waals surface area contributed by atoms with Gasteiger partial charge in [-0.3, -0.25) is 4.79 Å². The first-order valence-corrected chi connectivity index (χ1v) is 10.1. The third-order valence-electron chi connectivity index (χ3n) is 5.29. The maximum atomic E-state index is 13.1. The predicted molar refractivity (Wildman–Crippen MR) is 117 cm³/mol. The second-order valence-electron chi connectivity index (χ2n) is 7.65. The van der Waals surface area contributed by atoms with E-state index in [1.807, 2.05) is 39.0 Å². The van der Waals surface area contributed by atoms with Crippen LogP contribution in [0.2, 0.25) is 0 Å². The van der Waals surface area contributed by atoms with Crippen LogP contribution in [0.25, 0.3) is 22.4 Å². The topological polar surface area (TPSA) is 90.4 Å². The predicted octanol–water partition coefficient (Wildman–Crippen LogP) is 4.70. The Bertz CT molecular complexity index is 1270. The zero-order valence-electron chi connectivity index (χ0n) is 18.3. The van der Waals surface area contributed by atoms with Gasteiger partial charge in [0.15, 0.2) is 0 Å². The largest absolute Gasteiger partial charge is 0.496 e. The monoisotopic (exact) mass is 419 g/mol. The molecule has 0 aliphatic carbocycles. The first kappa shape index (κ1) is 20.7. The number of nitrogens with one attached hydrogen (secondary N) is 1. The number of fused-ring (bicyclic) bond motifs is 1. The van der Waals surface area contributed by atoms with Crippen molar-refractivity contribution in [1.29, 1.82) is 0 Å². The van der Waals surface area contributed by atoms with E-state index < -0.39 is 0 Å². The summed E-state index contributed by atoms with van der Waals surface area (Å²) in [5.74, 6) is 2.12. The average molecular weight is 419 g/mol. The van der Waals surface area contributed by atoms with E-state index in [1.165, 1.54) is 0 Å². The fourth-order valence-corrected chi connectivity index (χ4v) is 3.81. The molecule has 0 aliphatic heterocycles. The lowest BCUT2D eigenvalue weighted by molar-refractivity contribution is 0.0955. The third-order valence-corrected chi connectivity index (χ3v) is 5.29. The Kier molecular flexibility index (Phi) is 5.50. The van der Waals surface area contributed by atoms with Gasteiger partial charge in [0.05, 0.1) is 29.4 Å². The molecule has 3 aromatic heterocycles. The highest BCUT2D eigenvalue weighted by atomic mass is 16.5. The zero-order valence-corrected chi connectivity index (χ0v) is 18.3. The van der Waals surface area contributed by atoms with Gasteiger partial charge in [-0.2, -0.15) is 0 Å². The van der Waals surface area contributed by atoms with Gasteiger partial charge in [-0.05, 0) is 57.9 Å². The summed E-state index contributed by atoms with van der Waals surface area (Å²) in [4.78, 5) is 17.7. The first-order valence-electron chi connectivity index (χ1n) is 10.1. The summed E-state index contributed by atoms with van der Waals surface area (Å²) >= 11 is 0. The molecule has 0 saturated carbocycles. The van der Waals surface area contributed by atoms with Crippen LogP contribution < -0.4 is 10.1 Å². The normalized spacial score (nSPS) is 11.1. The number of carbonyl (C=O) groups is 1. The Labute approximate surface area is 180 Å². The van der Waals surface area contributed by atoms with Gasteiger partial charge in [-0.1, -0.05) is 22.9 Å². The smallest absolute Gasteiger partial charge is 0.259 e. The highest BCUT2D eigenvalue weighted by molar-refractivity contribution is 6.07. The van der Waals surface area contributed by atoms with Crippen molar-refractivity contribution in [3.05, 3.63) is 64.2 Å². The van der Waals surface area contributed by atoms with Crippen LogP contribution in [0.5, 0.6) is 5.75 Å². The number of methoxy groups -OCH3 is 1. The highest BCUT2D eigenvalue weighted by Crippen LogP contribution is 2.30. The first-order chi connectivity index (χ1) is 14.9. The standard InChI is InChI=1S/C24H25N3O4/c1-13-6-7-21(29-5)17(10-13)8-9-25-23(28)19-12-20(18-11-14(2)30-16(18)4)26-24-22(19)15(3)27-31-24/h6-7,10-12H,8-9H2,1-5H3,(H,25,28). The Morgan fingerprint density at radius 1 is 1.13 bits per heavy atom. The Morgan fingerprint density at radius 2 is 1.94 bits per heavy atom. The second kappa shape index (κ2) is 8.26. The number of benzene rings is 1. The van der Waals surface area contributed by atoms with E-state index in [1.54, 1.807) is 20.1 Å². The number of carbonyl (C=O) groups excluding carboxylic acids is 1. The summed E-state index contributed by atoms with van der Waals surface area (Å²) in [5, 5.41) is 7.63. The van der Waals surface area contributed by atoms with Crippen LogP contribution in [0.4, 0.5) is 0 Å². The SMILES string of the molecule is COc1ccc(C)cc1CCNC(=O)c1cc(-c2cc(C)oc2C)nc2onc(C)c12. The van der Waals surface area contributed by atoms with Crippen molar-refractivity contribution in [2.75, 3.05) is 13.7 Å². The summed E-state index contributed by atoms with van der Waals surface area (Å²) in [7, 11) is 1.65. The van der Waals surface area contributed by atoms with E-state index in [0.717, 1.165) is 34.0 Å². The Hall–Kier alpha value is -3.61. The van der Waals surface area contributed by atoms with Crippen LogP contribution in [0, 0.1) is 27.7 Å². The summed E-state index contributed by atoms with van der Waals surface area (Å²) < 4.78 is 16.4. The minimum Gasteiger partial charge on any atom is -0.496 e. The number of nitrogens with zero attached hydrogens (tertiary/aromatic N) is 2. The maximum Gasteiger partial charge on any atom is 0.259 e. The number of aromatic nitrogens is 2. The molecule has 0 fully saturated rings. The lowest BCUT2D eigenvalue weighted by Crippen LogP contribution is -2.26. The van der Waals surface area contributed by atoms with Gasteiger partial charge in [-0.15, -0.1) is 0 Å². The molecule has 1 aromatic carbocycles. The second-order valence-corrected chi connectivity index (χ2v) is 7.65. The van der Waals surface area contributed by atoms with Crippen LogP contribution in [-0.2, 0) is 6.42 Å². The quantitative estimate of drug-likeness (QED) is 0.487. The molecule has 0 bridgehead atoms. The molecular weight excluding hydrogens is 394 g/mol. The fourth-order valence-electron chi connectivity index (χ4n) is 3.81. The van der Waals surface area contributed by atoms with E-state index in [2.05, 4.69) is 21.5 Å². The molecule has 0 atom stereocenters. The van der Waals surface area contributed by atoms with E-state index in [0.29, 0.717) is 41.0 Å². The van der Waals surface area contributed by atoms with E-state index in [9.17, 15) is 4.79 Å². The summed E-state index contributed by atoms with van der Waals surface area (Å²) in [5.41, 5.74) is 5.07. The maximum absolute atomic E-state index is 13.1.